The smallest absolute Gasteiger partial charge is 0.191 e. The van der Waals surface area contributed by atoms with Crippen molar-refractivity contribution in [3.05, 3.63) is 36.0 Å². The van der Waals surface area contributed by atoms with Gasteiger partial charge in [-0.3, -0.25) is 4.99 Å². The Morgan fingerprint density at radius 3 is 2.63 bits per heavy atom. The van der Waals surface area contributed by atoms with Crippen LogP contribution in [-0.2, 0) is 6.42 Å². The van der Waals surface area contributed by atoms with Gasteiger partial charge in [0.1, 0.15) is 0 Å². The zero-order valence-corrected chi connectivity index (χ0v) is 11.7. The van der Waals surface area contributed by atoms with E-state index in [1.165, 1.54) is 16.5 Å². The highest BCUT2D eigenvalue weighted by molar-refractivity contribution is 5.83. The Bertz CT molecular complexity index is 534. The Balaban J connectivity index is 1.99. The zero-order chi connectivity index (χ0) is 13.5. The molecule has 0 fully saturated rings. The molecule has 0 aliphatic rings. The van der Waals surface area contributed by atoms with Gasteiger partial charge < -0.3 is 15.6 Å². The number of guanidine groups is 1. The minimum atomic E-state index is 0.789. The number of benzene rings is 1. The van der Waals surface area contributed by atoms with Crippen LogP contribution in [0.15, 0.2) is 35.5 Å². The lowest BCUT2D eigenvalue weighted by atomic mass is 10.1. The second-order valence-corrected chi connectivity index (χ2v) is 4.40. The van der Waals surface area contributed by atoms with Crippen molar-refractivity contribution in [2.75, 3.05) is 19.6 Å². The van der Waals surface area contributed by atoms with Crippen molar-refractivity contribution >= 4 is 16.9 Å². The van der Waals surface area contributed by atoms with Gasteiger partial charge in [0, 0.05) is 36.7 Å². The van der Waals surface area contributed by atoms with E-state index in [4.69, 9.17) is 0 Å². The number of aromatic amines is 1. The minimum absolute atomic E-state index is 0.789. The van der Waals surface area contributed by atoms with Crippen molar-refractivity contribution in [3.8, 4) is 0 Å². The van der Waals surface area contributed by atoms with Gasteiger partial charge in [0.15, 0.2) is 5.96 Å². The monoisotopic (exact) mass is 258 g/mol. The van der Waals surface area contributed by atoms with E-state index in [0.29, 0.717) is 0 Å². The molecule has 19 heavy (non-hydrogen) atoms. The molecule has 102 valence electrons. The van der Waals surface area contributed by atoms with Crippen LogP contribution in [0.3, 0.4) is 0 Å². The van der Waals surface area contributed by atoms with Crippen LogP contribution in [0, 0.1) is 0 Å². The zero-order valence-electron chi connectivity index (χ0n) is 11.7. The summed E-state index contributed by atoms with van der Waals surface area (Å²) in [5, 5.41) is 7.76. The summed E-state index contributed by atoms with van der Waals surface area (Å²) < 4.78 is 0. The number of nitrogens with zero attached hydrogens (tertiary/aromatic N) is 1. The molecular weight excluding hydrogens is 236 g/mol. The Hall–Kier alpha value is -1.97. The van der Waals surface area contributed by atoms with E-state index in [0.717, 1.165) is 32.0 Å². The maximum Gasteiger partial charge on any atom is 0.191 e. The van der Waals surface area contributed by atoms with Crippen LogP contribution in [0.4, 0.5) is 0 Å². The first-order valence-electron chi connectivity index (χ1n) is 6.92. The Morgan fingerprint density at radius 1 is 1.16 bits per heavy atom. The number of para-hydroxylation sites is 1. The number of nitrogens with one attached hydrogen (secondary N) is 3. The van der Waals surface area contributed by atoms with Crippen molar-refractivity contribution in [1.82, 2.24) is 15.6 Å². The molecule has 0 aliphatic heterocycles. The van der Waals surface area contributed by atoms with Crippen molar-refractivity contribution in [2.45, 2.75) is 20.3 Å². The molecule has 3 N–H and O–H groups in total. The van der Waals surface area contributed by atoms with Gasteiger partial charge in [-0.05, 0) is 31.9 Å². The summed E-state index contributed by atoms with van der Waals surface area (Å²) in [4.78, 5) is 7.86. The van der Waals surface area contributed by atoms with Crippen LogP contribution < -0.4 is 10.6 Å². The summed E-state index contributed by atoms with van der Waals surface area (Å²) in [6, 6.07) is 8.38. The van der Waals surface area contributed by atoms with E-state index < -0.39 is 0 Å². The molecule has 0 amide bonds. The van der Waals surface area contributed by atoms with Crippen LogP contribution in [0.5, 0.6) is 0 Å². The first-order chi connectivity index (χ1) is 9.35. The lowest BCUT2D eigenvalue weighted by molar-refractivity contribution is 0.834. The maximum atomic E-state index is 4.57. The van der Waals surface area contributed by atoms with Crippen LogP contribution in [0.2, 0.25) is 0 Å². The number of hydrogen-bond acceptors (Lipinski definition) is 1. The summed E-state index contributed by atoms with van der Waals surface area (Å²) in [5.41, 5.74) is 2.52. The molecule has 0 bridgehead atoms. The molecule has 2 rings (SSSR count). The van der Waals surface area contributed by atoms with E-state index in [9.17, 15) is 0 Å². The van der Waals surface area contributed by atoms with Crippen molar-refractivity contribution in [3.63, 3.8) is 0 Å². The first kappa shape index (κ1) is 13.5. The molecule has 0 saturated carbocycles. The lowest BCUT2D eigenvalue weighted by Gasteiger charge is -2.08. The van der Waals surface area contributed by atoms with E-state index in [1.807, 2.05) is 0 Å². The summed E-state index contributed by atoms with van der Waals surface area (Å²) >= 11 is 0. The SMILES string of the molecule is CCNC(=NCCc1c[nH]c2ccccc12)NCC. The molecule has 1 aromatic carbocycles. The van der Waals surface area contributed by atoms with E-state index in [2.05, 4.69) is 64.9 Å². The quantitative estimate of drug-likeness (QED) is 0.569. The topological polar surface area (TPSA) is 52.2 Å². The fraction of sp³-hybridized carbons (Fsp3) is 0.400. The van der Waals surface area contributed by atoms with Crippen molar-refractivity contribution < 1.29 is 0 Å². The Morgan fingerprint density at radius 2 is 1.89 bits per heavy atom. The number of aliphatic imine (C=N–C) groups is 1. The van der Waals surface area contributed by atoms with Gasteiger partial charge in [-0.2, -0.15) is 0 Å². The maximum absolute atomic E-state index is 4.57. The predicted molar refractivity (Wildman–Crippen MR) is 81.7 cm³/mol. The summed E-state index contributed by atoms with van der Waals surface area (Å²) in [6.45, 7) is 6.72. The van der Waals surface area contributed by atoms with Crippen LogP contribution >= 0.6 is 0 Å². The molecule has 2 aromatic rings. The third kappa shape index (κ3) is 3.50. The number of hydrogen-bond donors (Lipinski definition) is 3. The molecular formula is C15H22N4. The number of aromatic nitrogens is 1. The number of H-pyrrole nitrogens is 1. The average Bonchev–Trinajstić information content (AvgIpc) is 2.83. The molecule has 4 nitrogen and oxygen atoms in total. The Labute approximate surface area is 114 Å². The van der Waals surface area contributed by atoms with Crippen molar-refractivity contribution in [2.24, 2.45) is 4.99 Å². The highest BCUT2D eigenvalue weighted by Crippen LogP contribution is 2.17. The number of fused-ring (bicyclic) bond motifs is 1. The van der Waals surface area contributed by atoms with Crippen LogP contribution in [-0.4, -0.2) is 30.6 Å². The minimum Gasteiger partial charge on any atom is -0.361 e. The Kier molecular flexibility index (Phi) is 4.84. The van der Waals surface area contributed by atoms with E-state index in [1.54, 1.807) is 0 Å². The van der Waals surface area contributed by atoms with Gasteiger partial charge in [0.05, 0.1) is 0 Å². The molecule has 0 saturated heterocycles. The molecule has 1 aromatic heterocycles. The fourth-order valence-electron chi connectivity index (χ4n) is 2.14. The largest absolute Gasteiger partial charge is 0.361 e. The molecule has 0 unspecified atom stereocenters. The normalized spacial score (nSPS) is 10.4. The summed E-state index contributed by atoms with van der Waals surface area (Å²) in [7, 11) is 0. The van der Waals surface area contributed by atoms with Gasteiger partial charge in [0.2, 0.25) is 0 Å². The second-order valence-electron chi connectivity index (χ2n) is 4.40. The van der Waals surface area contributed by atoms with E-state index in [-0.39, 0.29) is 0 Å². The van der Waals surface area contributed by atoms with Crippen LogP contribution in [0.1, 0.15) is 19.4 Å². The van der Waals surface area contributed by atoms with Gasteiger partial charge in [0.25, 0.3) is 0 Å². The van der Waals surface area contributed by atoms with Crippen molar-refractivity contribution in [1.29, 1.82) is 0 Å². The lowest BCUT2D eigenvalue weighted by Crippen LogP contribution is -2.37. The first-order valence-corrected chi connectivity index (χ1v) is 6.92. The third-order valence-corrected chi connectivity index (χ3v) is 3.01. The molecule has 1 heterocycles. The molecule has 4 heteroatoms. The summed E-state index contributed by atoms with van der Waals surface area (Å²) in [5.74, 6) is 0.893. The molecule has 0 aliphatic carbocycles. The second kappa shape index (κ2) is 6.83. The molecule has 0 atom stereocenters. The molecule has 0 radical (unpaired) electrons. The highest BCUT2D eigenvalue weighted by Gasteiger charge is 2.02. The molecule has 0 spiro atoms. The third-order valence-electron chi connectivity index (χ3n) is 3.01. The average molecular weight is 258 g/mol. The van der Waals surface area contributed by atoms with Gasteiger partial charge >= 0.3 is 0 Å². The standard InChI is InChI=1S/C15H22N4/c1-3-16-15(17-4-2)18-10-9-12-11-19-14-8-6-5-7-13(12)14/h5-8,11,19H,3-4,9-10H2,1-2H3,(H2,16,17,18). The number of rotatable bonds is 5. The van der Waals surface area contributed by atoms with Gasteiger partial charge in [-0.15, -0.1) is 0 Å². The summed E-state index contributed by atoms with van der Waals surface area (Å²) in [6.07, 6.45) is 3.03. The van der Waals surface area contributed by atoms with E-state index >= 15 is 0 Å². The van der Waals surface area contributed by atoms with Gasteiger partial charge in [-0.1, -0.05) is 18.2 Å². The highest BCUT2D eigenvalue weighted by atomic mass is 15.2. The van der Waals surface area contributed by atoms with Gasteiger partial charge in [-0.25, -0.2) is 0 Å². The predicted octanol–water partition coefficient (Wildman–Crippen LogP) is 2.29. The van der Waals surface area contributed by atoms with Crippen LogP contribution in [0.25, 0.3) is 10.9 Å². The fourth-order valence-corrected chi connectivity index (χ4v) is 2.14.